The van der Waals surface area contributed by atoms with Crippen molar-refractivity contribution in [3.05, 3.63) is 59.6 Å². The maximum absolute atomic E-state index is 13.9. The van der Waals surface area contributed by atoms with Gasteiger partial charge in [-0.05, 0) is 50.0 Å². The molecule has 2 saturated heterocycles. The van der Waals surface area contributed by atoms with Gasteiger partial charge in [-0.1, -0.05) is 6.92 Å². The van der Waals surface area contributed by atoms with E-state index >= 15 is 0 Å². The van der Waals surface area contributed by atoms with Gasteiger partial charge in [0.15, 0.2) is 0 Å². The molecule has 4 heterocycles. The summed E-state index contributed by atoms with van der Waals surface area (Å²) in [5, 5.41) is 8.99. The van der Waals surface area contributed by atoms with Crippen molar-refractivity contribution in [2.75, 3.05) is 37.6 Å². The van der Waals surface area contributed by atoms with Gasteiger partial charge >= 0.3 is 6.18 Å². The quantitative estimate of drug-likeness (QED) is 0.445. The van der Waals surface area contributed by atoms with Gasteiger partial charge in [-0.3, -0.25) is 0 Å². The number of hydrogen-bond acceptors (Lipinski definition) is 6. The van der Waals surface area contributed by atoms with Gasteiger partial charge in [-0.15, -0.1) is 0 Å². The second-order valence-corrected chi connectivity index (χ2v) is 9.77. The van der Waals surface area contributed by atoms with Crippen LogP contribution in [-0.4, -0.2) is 57.1 Å². The van der Waals surface area contributed by atoms with Crippen LogP contribution in [0.5, 0.6) is 0 Å². The van der Waals surface area contributed by atoms with E-state index in [1.54, 1.807) is 6.20 Å². The Morgan fingerprint density at radius 2 is 1.86 bits per heavy atom. The van der Waals surface area contributed by atoms with Crippen LogP contribution in [0, 0.1) is 23.1 Å². The Balaban J connectivity index is 1.42. The maximum atomic E-state index is 13.9. The Kier molecular flexibility index (Phi) is 6.86. The largest absolute Gasteiger partial charge is 0.419 e. The zero-order valence-electron chi connectivity index (χ0n) is 20.4. The fraction of sp³-hybridized carbons (Fsp3) is 0.462. The third-order valence-electron chi connectivity index (χ3n) is 7.27. The SMILES string of the molecule is CC1CN(c2ncc(C#N)cn2)CCC1c1nc(-c2ccc(F)c(C(F)(F)F)c2)cn1CCN1CCC1. The third kappa shape index (κ3) is 5.30. The molecule has 2 aromatic heterocycles. The number of likely N-dealkylation sites (tertiary alicyclic amines) is 1. The molecule has 0 amide bonds. The van der Waals surface area contributed by atoms with E-state index in [2.05, 4.69) is 31.3 Å². The van der Waals surface area contributed by atoms with Crippen LogP contribution in [0.2, 0.25) is 0 Å². The average Bonchev–Trinajstić information content (AvgIpc) is 3.26. The number of anilines is 1. The first-order chi connectivity index (χ1) is 17.7. The van der Waals surface area contributed by atoms with Crippen LogP contribution in [0.15, 0.2) is 36.8 Å². The molecule has 194 valence electrons. The molecule has 0 bridgehead atoms. The summed E-state index contributed by atoms with van der Waals surface area (Å²) in [5.74, 6) is 0.366. The minimum Gasteiger partial charge on any atom is -0.341 e. The molecule has 2 aliphatic heterocycles. The molecule has 5 rings (SSSR count). The molecule has 2 atom stereocenters. The topological polar surface area (TPSA) is 73.9 Å². The predicted octanol–water partition coefficient (Wildman–Crippen LogP) is 4.71. The first-order valence-electron chi connectivity index (χ1n) is 12.4. The highest BCUT2D eigenvalue weighted by Gasteiger charge is 2.35. The minimum absolute atomic E-state index is 0.0855. The first-order valence-corrected chi connectivity index (χ1v) is 12.4. The van der Waals surface area contributed by atoms with E-state index in [1.165, 1.54) is 24.9 Å². The highest BCUT2D eigenvalue weighted by Crippen LogP contribution is 2.37. The van der Waals surface area contributed by atoms with Crippen LogP contribution < -0.4 is 4.90 Å². The lowest BCUT2D eigenvalue weighted by molar-refractivity contribution is -0.139. The fourth-order valence-corrected chi connectivity index (χ4v) is 5.05. The molecule has 11 heteroatoms. The fourth-order valence-electron chi connectivity index (χ4n) is 5.05. The normalized spacial score (nSPS) is 20.5. The molecular formula is C26H27F4N7. The second-order valence-electron chi connectivity index (χ2n) is 9.77. The van der Waals surface area contributed by atoms with E-state index in [1.807, 2.05) is 6.07 Å². The van der Waals surface area contributed by atoms with Crippen LogP contribution in [0.4, 0.5) is 23.5 Å². The molecule has 0 N–H and O–H groups in total. The molecule has 37 heavy (non-hydrogen) atoms. The van der Waals surface area contributed by atoms with E-state index in [0.717, 1.165) is 44.0 Å². The molecule has 0 aliphatic carbocycles. The minimum atomic E-state index is -4.78. The summed E-state index contributed by atoms with van der Waals surface area (Å²) in [7, 11) is 0. The van der Waals surface area contributed by atoms with Crippen LogP contribution in [0.3, 0.4) is 0 Å². The van der Waals surface area contributed by atoms with Gasteiger partial charge in [0.1, 0.15) is 17.7 Å². The summed E-state index contributed by atoms with van der Waals surface area (Å²) >= 11 is 0. The molecule has 2 unspecified atom stereocenters. The summed E-state index contributed by atoms with van der Waals surface area (Å²) in [5.41, 5.74) is -0.230. The van der Waals surface area contributed by atoms with Crippen LogP contribution in [0.1, 0.15) is 42.6 Å². The number of piperidine rings is 1. The number of imidazole rings is 1. The summed E-state index contributed by atoms with van der Waals surface area (Å²) in [6.45, 7) is 7.10. The summed E-state index contributed by atoms with van der Waals surface area (Å²) < 4.78 is 56.0. The van der Waals surface area contributed by atoms with Gasteiger partial charge in [0.05, 0.1) is 29.2 Å². The van der Waals surface area contributed by atoms with Gasteiger partial charge < -0.3 is 14.4 Å². The number of halogens is 4. The molecule has 0 spiro atoms. The molecule has 2 fully saturated rings. The van der Waals surface area contributed by atoms with Crippen molar-refractivity contribution in [3.63, 3.8) is 0 Å². The number of rotatable bonds is 6. The van der Waals surface area contributed by atoms with Crippen molar-refractivity contribution in [2.24, 2.45) is 5.92 Å². The van der Waals surface area contributed by atoms with Crippen molar-refractivity contribution in [1.82, 2.24) is 24.4 Å². The Morgan fingerprint density at radius 3 is 2.49 bits per heavy atom. The highest BCUT2D eigenvalue weighted by atomic mass is 19.4. The van der Waals surface area contributed by atoms with Crippen molar-refractivity contribution in [1.29, 1.82) is 5.26 Å². The van der Waals surface area contributed by atoms with Crippen molar-refractivity contribution in [3.8, 4) is 17.3 Å². The average molecular weight is 514 g/mol. The summed E-state index contributed by atoms with van der Waals surface area (Å²) in [6, 6.07) is 5.07. The Labute approximate surface area is 212 Å². The van der Waals surface area contributed by atoms with Crippen molar-refractivity contribution in [2.45, 2.75) is 38.4 Å². The van der Waals surface area contributed by atoms with E-state index in [4.69, 9.17) is 10.2 Å². The number of nitriles is 1. The molecule has 2 aliphatic rings. The maximum Gasteiger partial charge on any atom is 0.419 e. The lowest BCUT2D eigenvalue weighted by Crippen LogP contribution is -2.41. The standard InChI is InChI=1S/C26H27F4N7/c1-17-15-37(25-32-13-18(12-31)14-33-25)8-5-20(17)24-34-23(16-36(24)10-9-35-6-2-7-35)19-3-4-22(27)21(11-19)26(28,29)30/h3-4,11,13-14,16-17,20H,2,5-10,15H2,1H3. The Bertz CT molecular complexity index is 1290. The lowest BCUT2D eigenvalue weighted by Gasteiger charge is -2.37. The second kappa shape index (κ2) is 10.1. The molecule has 3 aromatic rings. The van der Waals surface area contributed by atoms with Gasteiger partial charge in [-0.2, -0.15) is 18.4 Å². The number of hydrogen-bond donors (Lipinski definition) is 0. The smallest absolute Gasteiger partial charge is 0.341 e. The Morgan fingerprint density at radius 1 is 1.11 bits per heavy atom. The van der Waals surface area contributed by atoms with Crippen molar-refractivity contribution >= 4 is 5.95 Å². The third-order valence-corrected chi connectivity index (χ3v) is 7.27. The van der Waals surface area contributed by atoms with E-state index < -0.39 is 17.6 Å². The van der Waals surface area contributed by atoms with Gasteiger partial charge in [0.25, 0.3) is 0 Å². The van der Waals surface area contributed by atoms with E-state index in [9.17, 15) is 17.6 Å². The number of nitrogens with zero attached hydrogens (tertiary/aromatic N) is 7. The molecule has 0 radical (unpaired) electrons. The summed E-state index contributed by atoms with van der Waals surface area (Å²) in [4.78, 5) is 17.8. The lowest BCUT2D eigenvalue weighted by atomic mass is 9.86. The predicted molar refractivity (Wildman–Crippen MR) is 129 cm³/mol. The van der Waals surface area contributed by atoms with Crippen molar-refractivity contribution < 1.29 is 17.6 Å². The zero-order chi connectivity index (χ0) is 26.2. The first kappa shape index (κ1) is 25.1. The summed E-state index contributed by atoms with van der Waals surface area (Å²) in [6.07, 6.45) is 1.97. The molecule has 1 aromatic carbocycles. The van der Waals surface area contributed by atoms with Gasteiger partial charge in [0.2, 0.25) is 5.95 Å². The van der Waals surface area contributed by atoms with Gasteiger partial charge in [0, 0.05) is 43.9 Å². The number of benzene rings is 1. The molecule has 7 nitrogen and oxygen atoms in total. The zero-order valence-corrected chi connectivity index (χ0v) is 20.4. The van der Waals surface area contributed by atoms with Crippen LogP contribution in [-0.2, 0) is 12.7 Å². The molecule has 0 saturated carbocycles. The molecular weight excluding hydrogens is 486 g/mol. The van der Waals surface area contributed by atoms with E-state index in [0.29, 0.717) is 36.8 Å². The van der Waals surface area contributed by atoms with Crippen LogP contribution >= 0.6 is 0 Å². The highest BCUT2D eigenvalue weighted by molar-refractivity contribution is 5.60. The Hall–Kier alpha value is -3.52. The van der Waals surface area contributed by atoms with E-state index in [-0.39, 0.29) is 17.4 Å². The number of alkyl halides is 3. The number of aromatic nitrogens is 4. The monoisotopic (exact) mass is 513 g/mol. The van der Waals surface area contributed by atoms with Crippen LogP contribution in [0.25, 0.3) is 11.3 Å². The van der Waals surface area contributed by atoms with Gasteiger partial charge in [-0.25, -0.2) is 19.3 Å².